The van der Waals surface area contributed by atoms with E-state index in [1.165, 1.54) is 25.8 Å². The molecular weight excluding hydrogens is 314 g/mol. The van der Waals surface area contributed by atoms with Crippen molar-refractivity contribution < 1.29 is 13.2 Å². The van der Waals surface area contributed by atoms with Crippen LogP contribution in [0.4, 0.5) is 5.69 Å². The number of aryl methyl sites for hydroxylation is 1. The highest BCUT2D eigenvalue weighted by atomic mass is 32.2. The first kappa shape index (κ1) is 17.9. The van der Waals surface area contributed by atoms with E-state index < -0.39 is 10.0 Å². The molecule has 1 fully saturated rings. The SMILES string of the molecule is CC(=O)Nc1cc(S(=O)(=O)NCC(C)N(C)C2CC2)ccc1C. The molecule has 23 heavy (non-hydrogen) atoms. The number of nitrogens with zero attached hydrogens (tertiary/aromatic N) is 1. The molecule has 1 aromatic rings. The van der Waals surface area contributed by atoms with E-state index in [0.29, 0.717) is 18.3 Å². The summed E-state index contributed by atoms with van der Waals surface area (Å²) in [5.41, 5.74) is 1.34. The van der Waals surface area contributed by atoms with Gasteiger partial charge in [0.2, 0.25) is 15.9 Å². The highest BCUT2D eigenvalue weighted by molar-refractivity contribution is 7.89. The molecule has 0 heterocycles. The molecule has 1 amide bonds. The van der Waals surface area contributed by atoms with Crippen LogP contribution in [0.1, 0.15) is 32.3 Å². The Morgan fingerprint density at radius 1 is 1.39 bits per heavy atom. The fourth-order valence-electron chi connectivity index (χ4n) is 2.39. The number of anilines is 1. The van der Waals surface area contributed by atoms with Gasteiger partial charge in [0.15, 0.2) is 0 Å². The van der Waals surface area contributed by atoms with Crippen molar-refractivity contribution in [1.29, 1.82) is 0 Å². The van der Waals surface area contributed by atoms with Gasteiger partial charge in [0.05, 0.1) is 4.90 Å². The molecule has 1 atom stereocenters. The molecule has 0 spiro atoms. The molecular formula is C16H25N3O3S. The van der Waals surface area contributed by atoms with Crippen LogP contribution in [-0.2, 0) is 14.8 Å². The van der Waals surface area contributed by atoms with E-state index in [4.69, 9.17) is 0 Å². The quantitative estimate of drug-likeness (QED) is 0.793. The smallest absolute Gasteiger partial charge is 0.240 e. The van der Waals surface area contributed by atoms with E-state index in [0.717, 1.165) is 5.56 Å². The Hall–Kier alpha value is -1.44. The average Bonchev–Trinajstić information content (AvgIpc) is 3.30. The molecule has 0 aromatic heterocycles. The maximum atomic E-state index is 12.5. The highest BCUT2D eigenvalue weighted by Crippen LogP contribution is 2.27. The van der Waals surface area contributed by atoms with E-state index in [1.54, 1.807) is 12.1 Å². The second-order valence-corrected chi connectivity index (χ2v) is 8.02. The zero-order valence-corrected chi connectivity index (χ0v) is 14.9. The lowest BCUT2D eigenvalue weighted by molar-refractivity contribution is -0.114. The lowest BCUT2D eigenvalue weighted by Gasteiger charge is -2.24. The summed E-state index contributed by atoms with van der Waals surface area (Å²) < 4.78 is 27.6. The monoisotopic (exact) mass is 339 g/mol. The Morgan fingerprint density at radius 2 is 2.04 bits per heavy atom. The highest BCUT2D eigenvalue weighted by Gasteiger charge is 2.29. The Kier molecular flexibility index (Phi) is 5.44. The van der Waals surface area contributed by atoms with Crippen LogP contribution in [-0.4, -0.2) is 44.9 Å². The van der Waals surface area contributed by atoms with Gasteiger partial charge in [-0.25, -0.2) is 13.1 Å². The number of rotatable bonds is 7. The van der Waals surface area contributed by atoms with Crippen LogP contribution >= 0.6 is 0 Å². The number of likely N-dealkylation sites (N-methyl/N-ethyl adjacent to an activating group) is 1. The number of hydrogen-bond acceptors (Lipinski definition) is 4. The summed E-state index contributed by atoms with van der Waals surface area (Å²) in [5, 5.41) is 2.65. The molecule has 0 saturated heterocycles. The van der Waals surface area contributed by atoms with Crippen molar-refractivity contribution in [2.75, 3.05) is 18.9 Å². The van der Waals surface area contributed by atoms with Gasteiger partial charge in [-0.15, -0.1) is 0 Å². The Bertz CT molecular complexity index is 684. The predicted octanol–water partition coefficient (Wildman–Crippen LogP) is 1.71. The first-order valence-corrected chi connectivity index (χ1v) is 9.29. The molecule has 7 heteroatoms. The first-order valence-electron chi connectivity index (χ1n) is 7.80. The summed E-state index contributed by atoms with van der Waals surface area (Å²) in [6.45, 7) is 5.59. The first-order chi connectivity index (χ1) is 10.7. The van der Waals surface area contributed by atoms with Crippen molar-refractivity contribution in [2.45, 2.75) is 50.6 Å². The van der Waals surface area contributed by atoms with Crippen LogP contribution < -0.4 is 10.0 Å². The van der Waals surface area contributed by atoms with Gasteiger partial charge in [-0.2, -0.15) is 0 Å². The van der Waals surface area contributed by atoms with Crippen LogP contribution in [0.5, 0.6) is 0 Å². The Balaban J connectivity index is 2.07. The number of nitrogens with one attached hydrogen (secondary N) is 2. The molecule has 1 saturated carbocycles. The van der Waals surface area contributed by atoms with E-state index in [-0.39, 0.29) is 16.8 Å². The molecule has 2 N–H and O–H groups in total. The second-order valence-electron chi connectivity index (χ2n) is 6.26. The lowest BCUT2D eigenvalue weighted by Crippen LogP contribution is -2.41. The van der Waals surface area contributed by atoms with Gasteiger partial charge >= 0.3 is 0 Å². The summed E-state index contributed by atoms with van der Waals surface area (Å²) >= 11 is 0. The molecule has 128 valence electrons. The molecule has 2 rings (SSSR count). The topological polar surface area (TPSA) is 78.5 Å². The lowest BCUT2D eigenvalue weighted by atomic mass is 10.2. The van der Waals surface area contributed by atoms with Crippen LogP contribution in [0.3, 0.4) is 0 Å². The number of benzene rings is 1. The van der Waals surface area contributed by atoms with E-state index in [9.17, 15) is 13.2 Å². The van der Waals surface area contributed by atoms with Crippen molar-refractivity contribution in [3.05, 3.63) is 23.8 Å². The summed E-state index contributed by atoms with van der Waals surface area (Å²) in [4.78, 5) is 13.6. The number of carbonyl (C=O) groups excluding carboxylic acids is 1. The maximum Gasteiger partial charge on any atom is 0.240 e. The number of sulfonamides is 1. The van der Waals surface area contributed by atoms with Crippen LogP contribution in [0.25, 0.3) is 0 Å². The van der Waals surface area contributed by atoms with Crippen molar-refractivity contribution in [2.24, 2.45) is 0 Å². The van der Waals surface area contributed by atoms with Crippen molar-refractivity contribution in [1.82, 2.24) is 9.62 Å². The summed E-state index contributed by atoms with van der Waals surface area (Å²) in [6, 6.07) is 5.46. The van der Waals surface area contributed by atoms with Crippen LogP contribution in [0.15, 0.2) is 23.1 Å². The normalized spacial score (nSPS) is 16.4. The predicted molar refractivity (Wildman–Crippen MR) is 90.9 cm³/mol. The van der Waals surface area contributed by atoms with Gasteiger partial charge in [0.1, 0.15) is 0 Å². The number of carbonyl (C=O) groups is 1. The van der Waals surface area contributed by atoms with Crippen LogP contribution in [0.2, 0.25) is 0 Å². The van der Waals surface area contributed by atoms with Gasteiger partial charge in [0, 0.05) is 31.2 Å². The molecule has 1 aliphatic carbocycles. The van der Waals surface area contributed by atoms with Gasteiger partial charge in [-0.1, -0.05) is 6.07 Å². The minimum atomic E-state index is -3.60. The van der Waals surface area contributed by atoms with E-state index in [1.807, 2.05) is 20.9 Å². The molecule has 6 nitrogen and oxygen atoms in total. The third-order valence-corrected chi connectivity index (χ3v) is 5.64. The third-order valence-electron chi connectivity index (χ3n) is 4.22. The van der Waals surface area contributed by atoms with Crippen LogP contribution in [0, 0.1) is 6.92 Å². The fourth-order valence-corrected chi connectivity index (χ4v) is 3.54. The minimum Gasteiger partial charge on any atom is -0.326 e. The van der Waals surface area contributed by atoms with Crippen molar-refractivity contribution in [3.8, 4) is 0 Å². The molecule has 1 aromatic carbocycles. The van der Waals surface area contributed by atoms with Gasteiger partial charge < -0.3 is 5.32 Å². The molecule has 1 aliphatic rings. The van der Waals surface area contributed by atoms with Crippen molar-refractivity contribution in [3.63, 3.8) is 0 Å². The third kappa shape index (κ3) is 4.76. The summed E-state index contributed by atoms with van der Waals surface area (Å²) in [6.07, 6.45) is 2.37. The molecule has 0 aliphatic heterocycles. The Labute approximate surface area is 138 Å². The number of hydrogen-bond donors (Lipinski definition) is 2. The summed E-state index contributed by atoms with van der Waals surface area (Å²) in [7, 11) is -1.57. The van der Waals surface area contributed by atoms with Crippen molar-refractivity contribution >= 4 is 21.6 Å². The molecule has 0 radical (unpaired) electrons. The second kappa shape index (κ2) is 6.98. The number of amides is 1. The standard InChI is InChI=1S/C16H25N3O3S/c1-11-5-8-15(9-16(11)18-13(3)20)23(21,22)17-10-12(2)19(4)14-6-7-14/h5,8-9,12,14,17H,6-7,10H2,1-4H3,(H,18,20). The van der Waals surface area contributed by atoms with Gasteiger partial charge in [-0.3, -0.25) is 9.69 Å². The zero-order valence-electron chi connectivity index (χ0n) is 14.1. The minimum absolute atomic E-state index is 0.137. The zero-order chi connectivity index (χ0) is 17.2. The average molecular weight is 339 g/mol. The van der Waals surface area contributed by atoms with Gasteiger partial charge in [-0.05, 0) is 51.4 Å². The summed E-state index contributed by atoms with van der Waals surface area (Å²) in [5.74, 6) is -0.227. The fraction of sp³-hybridized carbons (Fsp3) is 0.562. The largest absolute Gasteiger partial charge is 0.326 e. The maximum absolute atomic E-state index is 12.5. The molecule has 0 bridgehead atoms. The van der Waals surface area contributed by atoms with E-state index >= 15 is 0 Å². The Morgan fingerprint density at radius 3 is 2.61 bits per heavy atom. The van der Waals surface area contributed by atoms with Gasteiger partial charge in [0.25, 0.3) is 0 Å². The van der Waals surface area contributed by atoms with E-state index in [2.05, 4.69) is 14.9 Å². The molecule has 1 unspecified atom stereocenters.